The van der Waals surface area contributed by atoms with Crippen molar-refractivity contribution in [2.24, 2.45) is 9.98 Å². The number of methoxy groups -OCH3 is 1. The number of rotatable bonds is 3. The fourth-order valence-corrected chi connectivity index (χ4v) is 1.21. The molecule has 0 aromatic rings. The molecule has 17 heavy (non-hydrogen) atoms. The summed E-state index contributed by atoms with van der Waals surface area (Å²) in [5, 5.41) is 3.04. The molecular weight excluding hydrogens is 222 g/mol. The first kappa shape index (κ1) is 13.1. The predicted molar refractivity (Wildman–Crippen MR) is 64.2 cm³/mol. The standard InChI is InChI=1S/C11H15N3O3/c1-7-4-5-12-9(6-13-7)14-10(8(2)15)11(16)17-3/h4-5,10,13H,6H2,1-3H3. The van der Waals surface area contributed by atoms with Gasteiger partial charge in [0.05, 0.1) is 13.7 Å². The summed E-state index contributed by atoms with van der Waals surface area (Å²) in [6, 6.07) is -1.13. The predicted octanol–water partition coefficient (Wildman–Crippen LogP) is 0.0933. The fraction of sp³-hybridized carbons (Fsp3) is 0.455. The van der Waals surface area contributed by atoms with E-state index in [1.807, 2.05) is 6.92 Å². The average molecular weight is 237 g/mol. The molecular formula is C11H15N3O3. The van der Waals surface area contributed by atoms with Crippen molar-refractivity contribution in [3.8, 4) is 0 Å². The number of ether oxygens (including phenoxy) is 1. The van der Waals surface area contributed by atoms with Crippen molar-refractivity contribution < 1.29 is 14.3 Å². The van der Waals surface area contributed by atoms with Crippen LogP contribution in [0.3, 0.4) is 0 Å². The third kappa shape index (κ3) is 3.82. The van der Waals surface area contributed by atoms with Gasteiger partial charge in [0.25, 0.3) is 0 Å². The molecule has 1 atom stereocenters. The molecule has 1 N–H and O–H groups in total. The molecule has 0 saturated heterocycles. The van der Waals surface area contributed by atoms with Crippen molar-refractivity contribution in [1.29, 1.82) is 0 Å². The van der Waals surface area contributed by atoms with Crippen LogP contribution in [0.4, 0.5) is 0 Å². The second-order valence-corrected chi connectivity index (χ2v) is 3.56. The van der Waals surface area contributed by atoms with E-state index in [9.17, 15) is 9.59 Å². The van der Waals surface area contributed by atoms with Gasteiger partial charge in [-0.05, 0) is 19.9 Å². The minimum atomic E-state index is -1.13. The van der Waals surface area contributed by atoms with E-state index in [0.717, 1.165) is 5.70 Å². The highest BCUT2D eigenvalue weighted by Crippen LogP contribution is 2.00. The number of ketones is 1. The summed E-state index contributed by atoms with van der Waals surface area (Å²) >= 11 is 0. The Labute approximate surface area is 99.5 Å². The Kier molecular flexibility index (Phi) is 4.56. The lowest BCUT2D eigenvalue weighted by Gasteiger charge is -2.08. The van der Waals surface area contributed by atoms with Crippen LogP contribution in [0.15, 0.2) is 21.8 Å². The molecule has 1 aliphatic heterocycles. The van der Waals surface area contributed by atoms with Gasteiger partial charge in [-0.1, -0.05) is 0 Å². The SMILES string of the molecule is COC(=O)C(N=C1CNC(C)=CC=N1)C(C)=O. The number of amidine groups is 1. The van der Waals surface area contributed by atoms with Crippen molar-refractivity contribution in [2.75, 3.05) is 13.7 Å². The van der Waals surface area contributed by atoms with Crippen LogP contribution in [0.25, 0.3) is 0 Å². The van der Waals surface area contributed by atoms with Crippen LogP contribution in [0.2, 0.25) is 0 Å². The zero-order chi connectivity index (χ0) is 12.8. The number of Topliss-reactive ketones (excluding diaryl/α,β-unsaturated/α-hetero) is 1. The number of esters is 1. The topological polar surface area (TPSA) is 80.1 Å². The zero-order valence-corrected chi connectivity index (χ0v) is 10.1. The Morgan fingerprint density at radius 1 is 1.59 bits per heavy atom. The summed E-state index contributed by atoms with van der Waals surface area (Å²) in [7, 11) is 1.22. The van der Waals surface area contributed by atoms with Gasteiger partial charge in [-0.3, -0.25) is 4.79 Å². The van der Waals surface area contributed by atoms with Gasteiger partial charge in [0.1, 0.15) is 5.84 Å². The Balaban J connectivity index is 2.85. The van der Waals surface area contributed by atoms with E-state index < -0.39 is 12.0 Å². The molecule has 92 valence electrons. The molecule has 0 amide bonds. The Bertz CT molecular complexity index is 410. The highest BCUT2D eigenvalue weighted by molar-refractivity contribution is 6.05. The molecule has 0 aromatic heterocycles. The van der Waals surface area contributed by atoms with Gasteiger partial charge in [-0.25, -0.2) is 14.8 Å². The molecule has 6 nitrogen and oxygen atoms in total. The van der Waals surface area contributed by atoms with Crippen LogP contribution in [0.1, 0.15) is 13.8 Å². The molecule has 0 fully saturated rings. The maximum Gasteiger partial charge on any atom is 0.338 e. The Morgan fingerprint density at radius 2 is 2.29 bits per heavy atom. The summed E-state index contributed by atoms with van der Waals surface area (Å²) in [5.41, 5.74) is 0.941. The summed E-state index contributed by atoms with van der Waals surface area (Å²) in [6.45, 7) is 3.56. The minimum absolute atomic E-state index is 0.367. The average Bonchev–Trinajstić information content (AvgIpc) is 2.49. The minimum Gasteiger partial charge on any atom is -0.467 e. The fourth-order valence-electron chi connectivity index (χ4n) is 1.21. The Morgan fingerprint density at radius 3 is 2.88 bits per heavy atom. The number of allylic oxidation sites excluding steroid dienone is 2. The van der Waals surface area contributed by atoms with Crippen molar-refractivity contribution in [3.05, 3.63) is 11.8 Å². The van der Waals surface area contributed by atoms with Crippen LogP contribution in [-0.4, -0.2) is 43.5 Å². The lowest BCUT2D eigenvalue weighted by atomic mass is 10.2. The number of nitrogens with one attached hydrogen (secondary N) is 1. The second kappa shape index (κ2) is 5.93. The van der Waals surface area contributed by atoms with Crippen LogP contribution in [0, 0.1) is 0 Å². The van der Waals surface area contributed by atoms with Gasteiger partial charge in [0.2, 0.25) is 6.04 Å². The van der Waals surface area contributed by atoms with E-state index in [-0.39, 0.29) is 5.78 Å². The summed E-state index contributed by atoms with van der Waals surface area (Å²) < 4.78 is 4.52. The van der Waals surface area contributed by atoms with E-state index in [2.05, 4.69) is 20.0 Å². The summed E-state index contributed by atoms with van der Waals surface area (Å²) in [6.07, 6.45) is 3.35. The number of aliphatic imine (C=N–C) groups is 2. The van der Waals surface area contributed by atoms with E-state index in [1.165, 1.54) is 14.0 Å². The normalized spacial score (nSPS) is 19.0. The van der Waals surface area contributed by atoms with Gasteiger partial charge in [-0.15, -0.1) is 0 Å². The molecule has 1 unspecified atom stereocenters. The van der Waals surface area contributed by atoms with Crippen LogP contribution in [0.5, 0.6) is 0 Å². The molecule has 0 aliphatic carbocycles. The number of nitrogens with zero attached hydrogens (tertiary/aromatic N) is 2. The number of hydrogen-bond donors (Lipinski definition) is 1. The second-order valence-electron chi connectivity index (χ2n) is 3.56. The first-order valence-electron chi connectivity index (χ1n) is 5.14. The molecule has 0 bridgehead atoms. The maximum atomic E-state index is 11.3. The van der Waals surface area contributed by atoms with E-state index in [1.54, 1.807) is 12.3 Å². The first-order valence-corrected chi connectivity index (χ1v) is 5.14. The van der Waals surface area contributed by atoms with Crippen LogP contribution in [-0.2, 0) is 14.3 Å². The highest BCUT2D eigenvalue weighted by Gasteiger charge is 2.23. The molecule has 1 aliphatic rings. The maximum absolute atomic E-state index is 11.3. The highest BCUT2D eigenvalue weighted by atomic mass is 16.5. The van der Waals surface area contributed by atoms with Crippen molar-refractivity contribution in [2.45, 2.75) is 19.9 Å². The smallest absolute Gasteiger partial charge is 0.338 e. The van der Waals surface area contributed by atoms with Gasteiger partial charge >= 0.3 is 5.97 Å². The molecule has 0 spiro atoms. The summed E-state index contributed by atoms with van der Waals surface area (Å²) in [5.74, 6) is -0.647. The van der Waals surface area contributed by atoms with Crippen molar-refractivity contribution >= 4 is 23.8 Å². The van der Waals surface area contributed by atoms with Crippen LogP contribution < -0.4 is 5.32 Å². The van der Waals surface area contributed by atoms with E-state index in [0.29, 0.717) is 12.4 Å². The monoisotopic (exact) mass is 237 g/mol. The molecule has 1 heterocycles. The largest absolute Gasteiger partial charge is 0.467 e. The lowest BCUT2D eigenvalue weighted by molar-refractivity contribution is -0.144. The van der Waals surface area contributed by atoms with E-state index in [4.69, 9.17) is 0 Å². The number of hydrogen-bond acceptors (Lipinski definition) is 5. The van der Waals surface area contributed by atoms with Gasteiger partial charge in [0, 0.05) is 11.9 Å². The zero-order valence-electron chi connectivity index (χ0n) is 10.1. The third-order valence-corrected chi connectivity index (χ3v) is 2.16. The quantitative estimate of drug-likeness (QED) is 0.557. The molecule has 6 heteroatoms. The van der Waals surface area contributed by atoms with Gasteiger partial charge < -0.3 is 10.1 Å². The Hall–Kier alpha value is -1.98. The molecule has 0 radical (unpaired) electrons. The van der Waals surface area contributed by atoms with Crippen LogP contribution >= 0.6 is 0 Å². The number of carbonyl (C=O) groups excluding carboxylic acids is 2. The van der Waals surface area contributed by atoms with Crippen molar-refractivity contribution in [1.82, 2.24) is 5.32 Å². The van der Waals surface area contributed by atoms with Crippen molar-refractivity contribution in [3.63, 3.8) is 0 Å². The van der Waals surface area contributed by atoms with E-state index >= 15 is 0 Å². The molecule has 1 rings (SSSR count). The van der Waals surface area contributed by atoms with Gasteiger partial charge in [0.15, 0.2) is 5.78 Å². The number of carbonyl (C=O) groups is 2. The van der Waals surface area contributed by atoms with Gasteiger partial charge in [-0.2, -0.15) is 0 Å². The summed E-state index contributed by atoms with van der Waals surface area (Å²) in [4.78, 5) is 30.7. The third-order valence-electron chi connectivity index (χ3n) is 2.16. The lowest BCUT2D eigenvalue weighted by Crippen LogP contribution is -2.30. The molecule has 0 aromatic carbocycles. The molecule has 0 saturated carbocycles. The first-order chi connectivity index (χ1) is 8.04.